The van der Waals surface area contributed by atoms with E-state index in [4.69, 9.17) is 14.3 Å². The Morgan fingerprint density at radius 1 is 0.875 bits per heavy atom. The van der Waals surface area contributed by atoms with Crippen molar-refractivity contribution in [3.8, 4) is 16.9 Å². The topological polar surface area (TPSA) is 77.4 Å². The monoisotopic (exact) mass is 532 g/mol. The van der Waals surface area contributed by atoms with Crippen LogP contribution in [0.1, 0.15) is 45.7 Å². The number of nitrogens with zero attached hydrogens (tertiary/aromatic N) is 1. The first-order valence-electron chi connectivity index (χ1n) is 13.0. The van der Waals surface area contributed by atoms with Crippen LogP contribution in [-0.4, -0.2) is 23.7 Å². The molecule has 5 rings (SSSR count). The fourth-order valence-corrected chi connectivity index (χ4v) is 4.88. The number of carbonyl (C=O) groups excluding carboxylic acids is 3. The molecule has 0 unspecified atom stereocenters. The van der Waals surface area contributed by atoms with Crippen LogP contribution in [0.2, 0.25) is 0 Å². The summed E-state index contributed by atoms with van der Waals surface area (Å²) in [4.78, 5) is 29.4. The molecule has 0 aliphatic carbocycles. The van der Waals surface area contributed by atoms with E-state index >= 15 is 0 Å². The van der Waals surface area contributed by atoms with Gasteiger partial charge in [-0.3, -0.25) is 4.79 Å². The molecule has 202 valence electrons. The Bertz CT molecular complexity index is 1650. The first kappa shape index (κ1) is 28.1. The molecular weight excluding hydrogens is 500 g/mol. The number of aryl methyl sites for hydroxylation is 1. The third-order valence-corrected chi connectivity index (χ3v) is 7.24. The van der Waals surface area contributed by atoms with Gasteiger partial charge in [-0.25, -0.2) is 0 Å². The van der Waals surface area contributed by atoms with Crippen LogP contribution in [0.4, 0.5) is 0 Å². The van der Waals surface area contributed by atoms with Crippen molar-refractivity contribution in [3.63, 3.8) is 0 Å². The molecule has 0 aliphatic heterocycles. The van der Waals surface area contributed by atoms with E-state index < -0.39 is 0 Å². The molecular formula is C34H32N2O4. The molecule has 1 heterocycles. The number of carbonyl (C=O) groups is 1. The van der Waals surface area contributed by atoms with Crippen LogP contribution in [0.15, 0.2) is 97.1 Å². The standard InChI is InChI=1S/C33H32N2O2.CO2/c1-22-24(3)35(21-25-13-15-27(16-14-25)26-9-6-5-7-10-26)32-18-17-29(20-31(22)32)33(36)34-23(2)28-11-8-12-30(19-28)37-4;2-1-3/h5-20,23H,21H2,1-4H3,(H,34,36);/t23-;/m0./s1. The molecule has 1 aromatic heterocycles. The van der Waals surface area contributed by atoms with Crippen molar-refractivity contribution in [2.24, 2.45) is 0 Å². The van der Waals surface area contributed by atoms with E-state index in [0.717, 1.165) is 28.8 Å². The number of amides is 1. The lowest BCUT2D eigenvalue weighted by molar-refractivity contribution is -0.191. The summed E-state index contributed by atoms with van der Waals surface area (Å²) in [7, 11) is 1.65. The molecule has 0 radical (unpaired) electrons. The SMILES string of the molecule is COc1cccc([C@H](C)NC(=O)c2ccc3c(c2)c(C)c(C)n3Cc2ccc(-c3ccccc3)cc2)c1.O=C=O. The summed E-state index contributed by atoms with van der Waals surface area (Å²) >= 11 is 0. The van der Waals surface area contributed by atoms with Crippen LogP contribution in [0.3, 0.4) is 0 Å². The molecule has 5 aromatic rings. The summed E-state index contributed by atoms with van der Waals surface area (Å²) in [5.41, 5.74) is 8.90. The van der Waals surface area contributed by atoms with Crippen molar-refractivity contribution < 1.29 is 19.1 Å². The summed E-state index contributed by atoms with van der Waals surface area (Å²) in [5.74, 6) is 0.695. The lowest BCUT2D eigenvalue weighted by Crippen LogP contribution is -2.26. The van der Waals surface area contributed by atoms with E-state index in [-0.39, 0.29) is 18.1 Å². The van der Waals surface area contributed by atoms with Gasteiger partial charge >= 0.3 is 6.15 Å². The van der Waals surface area contributed by atoms with Gasteiger partial charge < -0.3 is 14.6 Å². The van der Waals surface area contributed by atoms with Gasteiger partial charge in [-0.05, 0) is 78.9 Å². The number of hydrogen-bond donors (Lipinski definition) is 1. The second-order valence-corrected chi connectivity index (χ2v) is 9.65. The van der Waals surface area contributed by atoms with Crippen molar-refractivity contribution in [1.29, 1.82) is 0 Å². The molecule has 6 nitrogen and oxygen atoms in total. The second kappa shape index (κ2) is 12.7. The van der Waals surface area contributed by atoms with Gasteiger partial charge in [-0.15, -0.1) is 0 Å². The number of benzene rings is 4. The van der Waals surface area contributed by atoms with Gasteiger partial charge in [0.1, 0.15) is 5.75 Å². The van der Waals surface area contributed by atoms with E-state index in [2.05, 4.69) is 78.3 Å². The van der Waals surface area contributed by atoms with E-state index in [9.17, 15) is 4.79 Å². The van der Waals surface area contributed by atoms with Crippen molar-refractivity contribution in [2.45, 2.75) is 33.4 Å². The molecule has 0 saturated carbocycles. The minimum atomic E-state index is -0.135. The minimum absolute atomic E-state index is 0.0847. The first-order valence-corrected chi connectivity index (χ1v) is 13.0. The normalized spacial score (nSPS) is 11.2. The number of hydrogen-bond acceptors (Lipinski definition) is 4. The van der Waals surface area contributed by atoms with Gasteiger partial charge in [0.25, 0.3) is 5.91 Å². The zero-order valence-electron chi connectivity index (χ0n) is 23.1. The predicted molar refractivity (Wildman–Crippen MR) is 156 cm³/mol. The number of rotatable bonds is 7. The third kappa shape index (κ3) is 6.20. The van der Waals surface area contributed by atoms with Gasteiger partial charge in [0, 0.05) is 28.7 Å². The highest BCUT2D eigenvalue weighted by atomic mass is 16.5. The zero-order valence-corrected chi connectivity index (χ0v) is 23.1. The highest BCUT2D eigenvalue weighted by molar-refractivity contribution is 5.99. The van der Waals surface area contributed by atoms with E-state index in [1.54, 1.807) is 7.11 Å². The molecule has 0 bridgehead atoms. The van der Waals surface area contributed by atoms with Crippen LogP contribution in [0, 0.1) is 13.8 Å². The van der Waals surface area contributed by atoms with Gasteiger partial charge in [-0.2, -0.15) is 9.59 Å². The number of ether oxygens (including phenoxy) is 1. The van der Waals surface area contributed by atoms with Crippen molar-refractivity contribution in [1.82, 2.24) is 9.88 Å². The Kier molecular flexibility index (Phi) is 8.95. The lowest BCUT2D eigenvalue weighted by Gasteiger charge is -2.15. The zero-order chi connectivity index (χ0) is 28.6. The molecule has 6 heteroatoms. The molecule has 0 fully saturated rings. The van der Waals surface area contributed by atoms with Gasteiger partial charge in [-0.1, -0.05) is 66.7 Å². The van der Waals surface area contributed by atoms with E-state index in [1.165, 1.54) is 27.9 Å². The number of methoxy groups -OCH3 is 1. The molecule has 1 atom stereocenters. The Morgan fingerprint density at radius 3 is 2.23 bits per heavy atom. The van der Waals surface area contributed by atoms with Crippen LogP contribution in [0.5, 0.6) is 5.75 Å². The number of aromatic nitrogens is 1. The Hall–Kier alpha value is -4.93. The molecule has 0 spiro atoms. The van der Waals surface area contributed by atoms with Gasteiger partial charge in [0.05, 0.1) is 13.2 Å². The highest BCUT2D eigenvalue weighted by Crippen LogP contribution is 2.28. The average Bonchev–Trinajstić information content (AvgIpc) is 3.22. The van der Waals surface area contributed by atoms with Crippen LogP contribution < -0.4 is 10.1 Å². The largest absolute Gasteiger partial charge is 0.497 e. The summed E-state index contributed by atoms with van der Waals surface area (Å²) in [6.07, 6.45) is 0.250. The Labute approximate surface area is 234 Å². The maximum atomic E-state index is 13.1. The fraction of sp³-hybridized carbons (Fsp3) is 0.176. The molecule has 1 N–H and O–H groups in total. The third-order valence-electron chi connectivity index (χ3n) is 7.24. The number of nitrogens with one attached hydrogen (secondary N) is 1. The summed E-state index contributed by atoms with van der Waals surface area (Å²) in [6.45, 7) is 7.05. The van der Waals surface area contributed by atoms with Gasteiger partial charge in [0.15, 0.2) is 0 Å². The smallest absolute Gasteiger partial charge is 0.373 e. The molecule has 40 heavy (non-hydrogen) atoms. The average molecular weight is 533 g/mol. The molecule has 1 amide bonds. The maximum absolute atomic E-state index is 13.1. The van der Waals surface area contributed by atoms with E-state index in [0.29, 0.717) is 5.56 Å². The molecule has 0 aliphatic rings. The summed E-state index contributed by atoms with van der Waals surface area (Å²) in [5, 5.41) is 4.24. The van der Waals surface area contributed by atoms with Crippen molar-refractivity contribution >= 4 is 23.0 Å². The Balaban J connectivity index is 0.00000118. The second-order valence-electron chi connectivity index (χ2n) is 9.65. The fourth-order valence-electron chi connectivity index (χ4n) is 4.88. The molecule has 0 saturated heterocycles. The summed E-state index contributed by atoms with van der Waals surface area (Å²) in [6, 6.07) is 32.9. The molecule has 4 aromatic carbocycles. The van der Waals surface area contributed by atoms with Crippen molar-refractivity contribution in [2.75, 3.05) is 7.11 Å². The van der Waals surface area contributed by atoms with Crippen LogP contribution in [-0.2, 0) is 16.1 Å². The lowest BCUT2D eigenvalue weighted by atomic mass is 10.0. The van der Waals surface area contributed by atoms with Gasteiger partial charge in [0.2, 0.25) is 0 Å². The summed E-state index contributed by atoms with van der Waals surface area (Å²) < 4.78 is 7.66. The predicted octanol–water partition coefficient (Wildman–Crippen LogP) is 6.89. The number of fused-ring (bicyclic) bond motifs is 1. The first-order chi connectivity index (χ1) is 19.4. The van der Waals surface area contributed by atoms with Crippen molar-refractivity contribution in [3.05, 3.63) is 125 Å². The quantitative estimate of drug-likeness (QED) is 0.248. The maximum Gasteiger partial charge on any atom is 0.373 e. The minimum Gasteiger partial charge on any atom is -0.497 e. The Morgan fingerprint density at radius 2 is 1.55 bits per heavy atom. The highest BCUT2D eigenvalue weighted by Gasteiger charge is 2.16. The van der Waals surface area contributed by atoms with Crippen LogP contribution >= 0.6 is 0 Å². The van der Waals surface area contributed by atoms with E-state index in [1.807, 2.05) is 49.4 Å². The van der Waals surface area contributed by atoms with Crippen LogP contribution in [0.25, 0.3) is 22.0 Å².